The molecule has 0 radical (unpaired) electrons. The molecular formula is C22H25NO4. The van der Waals surface area contributed by atoms with Gasteiger partial charge in [-0.2, -0.15) is 0 Å². The molecule has 0 aliphatic carbocycles. The van der Waals surface area contributed by atoms with Gasteiger partial charge in [-0.25, -0.2) is 0 Å². The number of ether oxygens (including phenoxy) is 3. The summed E-state index contributed by atoms with van der Waals surface area (Å²) in [7, 11) is 0. The third kappa shape index (κ3) is 3.82. The third-order valence-electron chi connectivity index (χ3n) is 5.21. The molecule has 0 saturated carbocycles. The van der Waals surface area contributed by atoms with Crippen LogP contribution in [-0.4, -0.2) is 43.0 Å². The van der Waals surface area contributed by atoms with Gasteiger partial charge < -0.3 is 19.0 Å². The molecule has 2 aromatic rings. The number of aldehydes is 1. The highest BCUT2D eigenvalue weighted by molar-refractivity contribution is 5.59. The van der Waals surface area contributed by atoms with Crippen molar-refractivity contribution in [2.24, 2.45) is 5.41 Å². The highest BCUT2D eigenvalue weighted by Gasteiger charge is 2.56. The predicted octanol–water partition coefficient (Wildman–Crippen LogP) is 2.99. The number of nitrogens with zero attached hydrogens (tertiary/aromatic N) is 1. The van der Waals surface area contributed by atoms with Gasteiger partial charge >= 0.3 is 5.97 Å². The summed E-state index contributed by atoms with van der Waals surface area (Å²) in [5, 5.41) is 0. The molecule has 5 heteroatoms. The van der Waals surface area contributed by atoms with Crippen LogP contribution < -0.4 is 0 Å². The Morgan fingerprint density at radius 1 is 0.889 bits per heavy atom. The maximum Gasteiger partial charge on any atom is 0.306 e. The molecule has 3 saturated heterocycles. The Labute approximate surface area is 159 Å². The topological polar surface area (TPSA) is 48.0 Å². The largest absolute Gasteiger partial charge is 0.325 e. The van der Waals surface area contributed by atoms with E-state index in [9.17, 15) is 4.79 Å². The lowest BCUT2D eigenvalue weighted by atomic mass is 9.91. The second-order valence-electron chi connectivity index (χ2n) is 7.74. The highest BCUT2D eigenvalue weighted by atomic mass is 16.9. The summed E-state index contributed by atoms with van der Waals surface area (Å²) in [4.78, 5) is 14.3. The fraction of sp³-hybridized carbons (Fsp3) is 0.409. The lowest BCUT2D eigenvalue weighted by molar-refractivity contribution is -0.476. The van der Waals surface area contributed by atoms with E-state index in [-0.39, 0.29) is 5.41 Å². The van der Waals surface area contributed by atoms with Crippen molar-refractivity contribution in [3.8, 4) is 0 Å². The SMILES string of the molecule is CC12COC([C@H](C=O)N(Cc3ccccc3)Cc3ccccc3)(OC1)OC2. The molecule has 142 valence electrons. The minimum absolute atomic E-state index is 0.140. The van der Waals surface area contributed by atoms with Gasteiger partial charge in [0, 0.05) is 18.5 Å². The molecule has 3 heterocycles. The quantitative estimate of drug-likeness (QED) is 0.704. The van der Waals surface area contributed by atoms with Crippen LogP contribution in [-0.2, 0) is 32.1 Å². The smallest absolute Gasteiger partial charge is 0.306 e. The number of carbonyl (C=O) groups is 1. The lowest BCUT2D eigenvalue weighted by Crippen LogP contribution is -2.67. The van der Waals surface area contributed by atoms with E-state index in [1.165, 1.54) is 0 Å². The summed E-state index contributed by atoms with van der Waals surface area (Å²) in [5.74, 6) is -1.33. The first kappa shape index (κ1) is 18.3. The van der Waals surface area contributed by atoms with E-state index in [2.05, 4.69) is 36.1 Å². The fourth-order valence-electron chi connectivity index (χ4n) is 3.61. The predicted molar refractivity (Wildman–Crippen MR) is 101 cm³/mol. The minimum Gasteiger partial charge on any atom is -0.325 e. The zero-order valence-electron chi connectivity index (χ0n) is 15.5. The van der Waals surface area contributed by atoms with Crippen LogP contribution in [0.5, 0.6) is 0 Å². The van der Waals surface area contributed by atoms with Crippen LogP contribution in [0.3, 0.4) is 0 Å². The Morgan fingerprint density at radius 3 is 1.74 bits per heavy atom. The number of hydrogen-bond donors (Lipinski definition) is 0. The minimum atomic E-state index is -1.33. The molecule has 0 aromatic heterocycles. The van der Waals surface area contributed by atoms with Crippen molar-refractivity contribution in [1.82, 2.24) is 4.90 Å². The number of benzene rings is 2. The van der Waals surface area contributed by atoms with Gasteiger partial charge in [-0.1, -0.05) is 67.6 Å². The van der Waals surface area contributed by atoms with Crippen LogP contribution in [0.4, 0.5) is 0 Å². The molecule has 2 aromatic carbocycles. The van der Waals surface area contributed by atoms with Gasteiger partial charge in [0.2, 0.25) is 0 Å². The van der Waals surface area contributed by atoms with E-state index >= 15 is 0 Å². The second-order valence-corrected chi connectivity index (χ2v) is 7.74. The summed E-state index contributed by atoms with van der Waals surface area (Å²) in [6.07, 6.45) is 0.889. The van der Waals surface area contributed by atoms with Gasteiger partial charge in [-0.3, -0.25) is 4.90 Å². The zero-order valence-corrected chi connectivity index (χ0v) is 15.5. The molecule has 5 rings (SSSR count). The second kappa shape index (κ2) is 7.52. The average molecular weight is 367 g/mol. The molecule has 3 fully saturated rings. The van der Waals surface area contributed by atoms with Gasteiger partial charge in [-0.15, -0.1) is 0 Å². The van der Waals surface area contributed by atoms with Gasteiger partial charge in [0.1, 0.15) is 12.3 Å². The van der Waals surface area contributed by atoms with Crippen molar-refractivity contribution < 1.29 is 19.0 Å². The molecule has 3 aliphatic heterocycles. The standard InChI is InChI=1S/C22H25NO4/c1-21-15-25-22(26-16-21,27-17-21)20(14-24)23(12-18-8-4-2-5-9-18)13-19-10-6-3-7-11-19/h2-11,14,20H,12-13,15-17H2,1H3/t20-,21?,22?/m0/s1. The van der Waals surface area contributed by atoms with Crippen molar-refractivity contribution >= 4 is 6.29 Å². The Bertz CT molecular complexity index is 698. The van der Waals surface area contributed by atoms with Crippen LogP contribution in [0.15, 0.2) is 60.7 Å². The lowest BCUT2D eigenvalue weighted by Gasteiger charge is -2.53. The Morgan fingerprint density at radius 2 is 1.33 bits per heavy atom. The van der Waals surface area contributed by atoms with Crippen LogP contribution in [0.25, 0.3) is 0 Å². The van der Waals surface area contributed by atoms with Crippen molar-refractivity contribution in [3.05, 3.63) is 71.8 Å². The molecule has 5 nitrogen and oxygen atoms in total. The molecule has 3 aliphatic rings. The van der Waals surface area contributed by atoms with E-state index in [0.29, 0.717) is 32.9 Å². The highest BCUT2D eigenvalue weighted by Crippen LogP contribution is 2.41. The van der Waals surface area contributed by atoms with E-state index in [1.807, 2.05) is 36.4 Å². The average Bonchev–Trinajstić information content (AvgIpc) is 2.71. The van der Waals surface area contributed by atoms with Crippen LogP contribution in [0, 0.1) is 5.41 Å². The summed E-state index contributed by atoms with van der Waals surface area (Å²) in [5.41, 5.74) is 2.10. The molecule has 27 heavy (non-hydrogen) atoms. The first-order chi connectivity index (χ1) is 13.1. The monoisotopic (exact) mass is 367 g/mol. The number of fused-ring (bicyclic) bond motifs is 3. The first-order valence-corrected chi connectivity index (χ1v) is 9.32. The van der Waals surface area contributed by atoms with E-state index < -0.39 is 12.0 Å². The fourth-order valence-corrected chi connectivity index (χ4v) is 3.61. The van der Waals surface area contributed by atoms with E-state index in [4.69, 9.17) is 14.2 Å². The molecule has 2 bridgehead atoms. The van der Waals surface area contributed by atoms with Crippen molar-refractivity contribution in [3.63, 3.8) is 0 Å². The first-order valence-electron chi connectivity index (χ1n) is 9.32. The molecule has 0 spiro atoms. The van der Waals surface area contributed by atoms with Crippen LogP contribution >= 0.6 is 0 Å². The summed E-state index contributed by atoms with van der Waals surface area (Å²) < 4.78 is 17.9. The van der Waals surface area contributed by atoms with Gasteiger partial charge in [-0.05, 0) is 11.1 Å². The number of rotatable bonds is 7. The Hall–Kier alpha value is -2.05. The van der Waals surface area contributed by atoms with Crippen LogP contribution in [0.1, 0.15) is 18.1 Å². The van der Waals surface area contributed by atoms with Gasteiger partial charge in [0.05, 0.1) is 19.8 Å². The molecular weight excluding hydrogens is 342 g/mol. The molecule has 0 amide bonds. The van der Waals surface area contributed by atoms with Gasteiger partial charge in [0.25, 0.3) is 0 Å². The maximum atomic E-state index is 12.2. The Kier molecular flexibility index (Phi) is 5.10. The zero-order chi connectivity index (χ0) is 18.7. The molecule has 0 N–H and O–H groups in total. The summed E-state index contributed by atoms with van der Waals surface area (Å²) in [6, 6.07) is 19.5. The number of hydrogen-bond acceptors (Lipinski definition) is 5. The molecule has 1 atom stereocenters. The van der Waals surface area contributed by atoms with Crippen molar-refractivity contribution in [1.29, 1.82) is 0 Å². The maximum absolute atomic E-state index is 12.2. The van der Waals surface area contributed by atoms with Crippen molar-refractivity contribution in [2.45, 2.75) is 32.0 Å². The molecule has 0 unspecified atom stereocenters. The summed E-state index contributed by atoms with van der Waals surface area (Å²) in [6.45, 7) is 4.84. The Balaban J connectivity index is 1.62. The van der Waals surface area contributed by atoms with E-state index in [0.717, 1.165) is 17.4 Å². The number of carbonyl (C=O) groups excluding carboxylic acids is 1. The normalized spacial score (nSPS) is 28.2. The summed E-state index contributed by atoms with van der Waals surface area (Å²) >= 11 is 0. The van der Waals surface area contributed by atoms with Crippen molar-refractivity contribution in [2.75, 3.05) is 19.8 Å². The van der Waals surface area contributed by atoms with Crippen LogP contribution in [0.2, 0.25) is 0 Å². The van der Waals surface area contributed by atoms with Gasteiger partial charge in [0.15, 0.2) is 0 Å². The van der Waals surface area contributed by atoms with E-state index in [1.54, 1.807) is 0 Å². The third-order valence-corrected chi connectivity index (χ3v) is 5.21.